The Balaban J connectivity index is 2.43. The second-order valence-electron chi connectivity index (χ2n) is 10.2. The Morgan fingerprint density at radius 3 is 1.85 bits per heavy atom. The number of hydrogen-bond acceptors (Lipinski definition) is 2. The molecule has 0 aromatic carbocycles. The van der Waals surface area contributed by atoms with Gasteiger partial charge in [0, 0.05) is 17.1 Å². The molecule has 0 aromatic heterocycles. The van der Waals surface area contributed by atoms with E-state index < -0.39 is 0 Å². The Morgan fingerprint density at radius 2 is 1.33 bits per heavy atom. The maximum atomic E-state index is 3.81. The van der Waals surface area contributed by atoms with Crippen molar-refractivity contribution in [1.29, 1.82) is 0 Å². The molecule has 0 saturated carbocycles. The molecule has 1 saturated heterocycles. The molecule has 0 spiro atoms. The van der Waals surface area contributed by atoms with Crippen LogP contribution < -0.4 is 0 Å². The van der Waals surface area contributed by atoms with Crippen LogP contribution in [0.4, 0.5) is 0 Å². The van der Waals surface area contributed by atoms with Gasteiger partial charge in [0.05, 0.1) is 0 Å². The Bertz CT molecular complexity index is 381. The van der Waals surface area contributed by atoms with Gasteiger partial charge in [-0.1, -0.05) is 51.5 Å². The van der Waals surface area contributed by atoms with Gasteiger partial charge < -0.3 is 4.90 Å². The van der Waals surface area contributed by atoms with Crippen LogP contribution in [0.1, 0.15) is 112 Å². The highest BCUT2D eigenvalue weighted by atomic mass is 15.3. The molecule has 0 N–H and O–H groups in total. The van der Waals surface area contributed by atoms with Gasteiger partial charge in [-0.3, -0.25) is 4.90 Å². The van der Waals surface area contributed by atoms with Gasteiger partial charge in [0.25, 0.3) is 0 Å². The van der Waals surface area contributed by atoms with Gasteiger partial charge in [-0.05, 0) is 86.4 Å². The summed E-state index contributed by atoms with van der Waals surface area (Å²) in [4.78, 5) is 5.46. The summed E-state index contributed by atoms with van der Waals surface area (Å²) in [6.07, 6.45) is 18.2. The van der Waals surface area contributed by atoms with Crippen LogP contribution in [0.5, 0.6) is 0 Å². The van der Waals surface area contributed by atoms with Gasteiger partial charge >= 0.3 is 0 Å². The van der Waals surface area contributed by atoms with E-state index in [-0.39, 0.29) is 0 Å². The van der Waals surface area contributed by atoms with Crippen LogP contribution in [-0.4, -0.2) is 47.1 Å². The number of unbranched alkanes of at least 4 members (excludes halogenated alkanes) is 8. The first-order chi connectivity index (χ1) is 12.7. The minimum absolute atomic E-state index is 0.294. The van der Waals surface area contributed by atoms with E-state index in [9.17, 15) is 0 Å². The lowest BCUT2D eigenvalue weighted by Gasteiger charge is -2.55. The van der Waals surface area contributed by atoms with Gasteiger partial charge in [-0.2, -0.15) is 0 Å². The van der Waals surface area contributed by atoms with E-state index in [2.05, 4.69) is 64.1 Å². The summed E-state index contributed by atoms with van der Waals surface area (Å²) in [5, 5.41) is 0. The molecule has 1 heterocycles. The molecule has 0 unspecified atom stereocenters. The lowest BCUT2D eigenvalue weighted by Crippen LogP contribution is -2.62. The summed E-state index contributed by atoms with van der Waals surface area (Å²) in [6.45, 7) is 18.5. The van der Waals surface area contributed by atoms with E-state index in [1.807, 2.05) is 0 Å². The van der Waals surface area contributed by atoms with E-state index >= 15 is 0 Å². The fourth-order valence-corrected chi connectivity index (χ4v) is 4.90. The van der Waals surface area contributed by atoms with Crippen molar-refractivity contribution in [2.75, 3.05) is 20.1 Å². The third-order valence-electron chi connectivity index (χ3n) is 6.96. The molecule has 1 rings (SSSR count). The first-order valence-corrected chi connectivity index (χ1v) is 11.8. The SMILES string of the molecule is C=CCCCCCCCCCN(CCCC)C1CC(C)(C)N(C)C(C)(C)C1. The third kappa shape index (κ3) is 8.69. The second-order valence-corrected chi connectivity index (χ2v) is 10.2. The van der Waals surface area contributed by atoms with Crippen molar-refractivity contribution in [1.82, 2.24) is 9.80 Å². The molecule has 0 bridgehead atoms. The molecule has 2 heteroatoms. The first-order valence-electron chi connectivity index (χ1n) is 11.8. The molecule has 2 nitrogen and oxygen atoms in total. The monoisotopic (exact) mass is 378 g/mol. The molecule has 0 atom stereocenters. The van der Waals surface area contributed by atoms with Gasteiger partial charge in [0.2, 0.25) is 0 Å². The molecule has 1 fully saturated rings. The average molecular weight is 379 g/mol. The largest absolute Gasteiger partial charge is 0.300 e. The maximum absolute atomic E-state index is 3.81. The van der Waals surface area contributed by atoms with Crippen LogP contribution in [0.25, 0.3) is 0 Å². The molecule has 1 aliphatic heterocycles. The van der Waals surface area contributed by atoms with Crippen molar-refractivity contribution >= 4 is 0 Å². The maximum Gasteiger partial charge on any atom is 0.0170 e. The predicted octanol–water partition coefficient (Wildman–Crippen LogP) is 7.05. The highest BCUT2D eigenvalue weighted by Gasteiger charge is 2.44. The normalized spacial score (nSPS) is 20.3. The number of likely N-dealkylation sites (tertiary alicyclic amines) is 1. The van der Waals surface area contributed by atoms with E-state index in [1.54, 1.807) is 0 Å². The highest BCUT2D eigenvalue weighted by molar-refractivity contribution is 5.01. The van der Waals surface area contributed by atoms with Crippen molar-refractivity contribution in [3.63, 3.8) is 0 Å². The Hall–Kier alpha value is -0.340. The number of piperidine rings is 1. The molecule has 1 aliphatic rings. The van der Waals surface area contributed by atoms with Crippen LogP contribution in [0.2, 0.25) is 0 Å². The first kappa shape index (κ1) is 24.7. The van der Waals surface area contributed by atoms with Gasteiger partial charge in [0.1, 0.15) is 0 Å². The lowest BCUT2D eigenvalue weighted by molar-refractivity contribution is -0.0480. The van der Waals surface area contributed by atoms with Crippen molar-refractivity contribution < 1.29 is 0 Å². The van der Waals surface area contributed by atoms with Crippen molar-refractivity contribution in [2.24, 2.45) is 0 Å². The van der Waals surface area contributed by atoms with Gasteiger partial charge in [0.15, 0.2) is 0 Å². The Labute approximate surface area is 171 Å². The van der Waals surface area contributed by atoms with Crippen LogP contribution in [-0.2, 0) is 0 Å². The Morgan fingerprint density at radius 1 is 0.852 bits per heavy atom. The zero-order valence-corrected chi connectivity index (χ0v) is 19.7. The fraction of sp³-hybridized carbons (Fsp3) is 0.920. The molecule has 0 aliphatic carbocycles. The smallest absolute Gasteiger partial charge is 0.0170 e. The number of rotatable bonds is 14. The van der Waals surface area contributed by atoms with Crippen LogP contribution in [0, 0.1) is 0 Å². The topological polar surface area (TPSA) is 6.48 Å². The minimum atomic E-state index is 0.294. The Kier molecular flexibility index (Phi) is 11.2. The summed E-state index contributed by atoms with van der Waals surface area (Å²) in [7, 11) is 2.32. The van der Waals surface area contributed by atoms with E-state index in [0.29, 0.717) is 11.1 Å². The van der Waals surface area contributed by atoms with E-state index in [0.717, 1.165) is 6.04 Å². The second kappa shape index (κ2) is 12.3. The number of allylic oxidation sites excluding steroid dienone is 1. The zero-order valence-electron chi connectivity index (χ0n) is 19.7. The van der Waals surface area contributed by atoms with Crippen LogP contribution in [0.15, 0.2) is 12.7 Å². The quantitative estimate of drug-likeness (QED) is 0.236. The summed E-state index contributed by atoms with van der Waals surface area (Å²) in [6, 6.07) is 0.747. The third-order valence-corrected chi connectivity index (χ3v) is 6.96. The standard InChI is InChI=1S/C25H50N2/c1-8-10-12-13-14-15-16-17-18-20-27(19-11-9-2)23-21-24(3,4)26(7)25(5,6)22-23/h8,23H,1,9-22H2,2-7H3. The molecule has 27 heavy (non-hydrogen) atoms. The summed E-state index contributed by atoms with van der Waals surface area (Å²) in [5.74, 6) is 0. The molecule has 0 radical (unpaired) electrons. The average Bonchev–Trinajstić information content (AvgIpc) is 2.60. The summed E-state index contributed by atoms with van der Waals surface area (Å²) < 4.78 is 0. The molecule has 0 aromatic rings. The van der Waals surface area contributed by atoms with E-state index in [4.69, 9.17) is 0 Å². The van der Waals surface area contributed by atoms with Crippen molar-refractivity contribution in [3.05, 3.63) is 12.7 Å². The summed E-state index contributed by atoms with van der Waals surface area (Å²) in [5.41, 5.74) is 0.588. The highest BCUT2D eigenvalue weighted by Crippen LogP contribution is 2.39. The van der Waals surface area contributed by atoms with Crippen LogP contribution in [0.3, 0.4) is 0 Å². The molecular formula is C25H50N2. The minimum Gasteiger partial charge on any atom is -0.300 e. The molecule has 160 valence electrons. The zero-order chi connectivity index (χ0) is 20.3. The summed E-state index contributed by atoms with van der Waals surface area (Å²) >= 11 is 0. The van der Waals surface area contributed by atoms with Crippen LogP contribution >= 0.6 is 0 Å². The van der Waals surface area contributed by atoms with E-state index in [1.165, 1.54) is 90.1 Å². The molecular weight excluding hydrogens is 328 g/mol. The van der Waals surface area contributed by atoms with Crippen molar-refractivity contribution in [3.8, 4) is 0 Å². The predicted molar refractivity (Wildman–Crippen MR) is 123 cm³/mol. The number of nitrogens with zero attached hydrogens (tertiary/aromatic N) is 2. The van der Waals surface area contributed by atoms with Crippen molar-refractivity contribution in [2.45, 2.75) is 129 Å². The number of hydrogen-bond donors (Lipinski definition) is 0. The lowest BCUT2D eigenvalue weighted by atomic mass is 9.77. The van der Waals surface area contributed by atoms with Gasteiger partial charge in [-0.25, -0.2) is 0 Å². The fourth-order valence-electron chi connectivity index (χ4n) is 4.90. The van der Waals surface area contributed by atoms with Gasteiger partial charge in [-0.15, -0.1) is 6.58 Å². The molecule has 0 amide bonds.